The Bertz CT molecular complexity index is 1230. The van der Waals surface area contributed by atoms with Crippen LogP contribution in [-0.2, 0) is 17.9 Å². The lowest BCUT2D eigenvalue weighted by atomic mass is 10.2. The standard InChI is InChI=1S/C25H23ClN4O2S/c26-20-10-8-18(9-11-20)22-13-12-21(32-22)14-27-23(31)16-33-25-29-28-24(19-6-7-19)30(25)15-17-4-2-1-3-5-17/h1-5,8-13,19H,6-7,14-16H2,(H,27,31). The highest BCUT2D eigenvalue weighted by Crippen LogP contribution is 2.40. The molecule has 0 atom stereocenters. The molecule has 0 radical (unpaired) electrons. The normalized spacial score (nSPS) is 13.2. The van der Waals surface area contributed by atoms with Crippen LogP contribution in [0.25, 0.3) is 11.3 Å². The molecule has 2 aromatic carbocycles. The van der Waals surface area contributed by atoms with Crippen LogP contribution in [0.3, 0.4) is 0 Å². The van der Waals surface area contributed by atoms with Gasteiger partial charge in [-0.05, 0) is 54.8 Å². The van der Waals surface area contributed by atoms with E-state index in [-0.39, 0.29) is 11.7 Å². The average Bonchev–Trinajstić information content (AvgIpc) is 3.43. The molecule has 0 saturated heterocycles. The van der Waals surface area contributed by atoms with Crippen molar-refractivity contribution in [2.45, 2.75) is 37.0 Å². The quantitative estimate of drug-likeness (QED) is 0.320. The molecule has 1 amide bonds. The molecule has 8 heteroatoms. The van der Waals surface area contributed by atoms with Gasteiger partial charge in [0.1, 0.15) is 17.3 Å². The Morgan fingerprint density at radius 1 is 1.06 bits per heavy atom. The molecule has 5 rings (SSSR count). The lowest BCUT2D eigenvalue weighted by Crippen LogP contribution is -2.24. The molecule has 1 N–H and O–H groups in total. The van der Waals surface area contributed by atoms with E-state index in [0.717, 1.165) is 35.1 Å². The summed E-state index contributed by atoms with van der Waals surface area (Å²) in [7, 11) is 0. The minimum atomic E-state index is -0.0772. The maximum Gasteiger partial charge on any atom is 0.230 e. The van der Waals surface area contributed by atoms with Crippen LogP contribution in [0.2, 0.25) is 5.02 Å². The van der Waals surface area contributed by atoms with E-state index in [4.69, 9.17) is 16.0 Å². The predicted octanol–water partition coefficient (Wildman–Crippen LogP) is 5.53. The smallest absolute Gasteiger partial charge is 0.230 e. The first-order valence-corrected chi connectivity index (χ1v) is 12.2. The zero-order valence-corrected chi connectivity index (χ0v) is 19.5. The maximum absolute atomic E-state index is 12.5. The number of hydrogen-bond acceptors (Lipinski definition) is 5. The van der Waals surface area contributed by atoms with Crippen molar-refractivity contribution in [2.75, 3.05) is 5.75 Å². The van der Waals surface area contributed by atoms with Crippen LogP contribution in [0.15, 0.2) is 76.3 Å². The number of furan rings is 1. The van der Waals surface area contributed by atoms with Crippen LogP contribution in [-0.4, -0.2) is 26.4 Å². The van der Waals surface area contributed by atoms with E-state index in [0.29, 0.717) is 29.8 Å². The number of aromatic nitrogens is 3. The highest BCUT2D eigenvalue weighted by atomic mass is 35.5. The molecule has 6 nitrogen and oxygen atoms in total. The van der Waals surface area contributed by atoms with Gasteiger partial charge in [-0.25, -0.2) is 0 Å². The fourth-order valence-corrected chi connectivity index (χ4v) is 4.47. The molecule has 1 aliphatic rings. The first kappa shape index (κ1) is 21.8. The Morgan fingerprint density at radius 2 is 1.85 bits per heavy atom. The molecule has 0 spiro atoms. The fraction of sp³-hybridized carbons (Fsp3) is 0.240. The van der Waals surface area contributed by atoms with Crippen LogP contribution < -0.4 is 5.32 Å². The Hall–Kier alpha value is -3.03. The summed E-state index contributed by atoms with van der Waals surface area (Å²) < 4.78 is 8.00. The van der Waals surface area contributed by atoms with E-state index in [1.54, 1.807) is 0 Å². The van der Waals surface area contributed by atoms with Crippen molar-refractivity contribution in [3.05, 3.63) is 88.9 Å². The second-order valence-electron chi connectivity index (χ2n) is 8.03. The largest absolute Gasteiger partial charge is 0.459 e. The molecule has 168 valence electrons. The monoisotopic (exact) mass is 478 g/mol. The summed E-state index contributed by atoms with van der Waals surface area (Å²) in [6.07, 6.45) is 2.30. The summed E-state index contributed by atoms with van der Waals surface area (Å²) in [4.78, 5) is 12.5. The highest BCUT2D eigenvalue weighted by Gasteiger charge is 2.30. The third-order valence-corrected chi connectivity index (χ3v) is 6.67. The minimum absolute atomic E-state index is 0.0772. The van der Waals surface area contributed by atoms with Gasteiger partial charge in [-0.3, -0.25) is 4.79 Å². The molecule has 4 aromatic rings. The molecular weight excluding hydrogens is 456 g/mol. The summed E-state index contributed by atoms with van der Waals surface area (Å²) >= 11 is 7.36. The number of nitrogens with one attached hydrogen (secondary N) is 1. The van der Waals surface area contributed by atoms with Crippen LogP contribution >= 0.6 is 23.4 Å². The second kappa shape index (κ2) is 9.85. The van der Waals surface area contributed by atoms with Crippen LogP contribution in [0.5, 0.6) is 0 Å². The van der Waals surface area contributed by atoms with Gasteiger partial charge in [0, 0.05) is 16.5 Å². The SMILES string of the molecule is O=C(CSc1nnc(C2CC2)n1Cc1ccccc1)NCc1ccc(-c2ccc(Cl)cc2)o1. The van der Waals surface area contributed by atoms with Crippen molar-refractivity contribution >= 4 is 29.3 Å². The fourth-order valence-electron chi connectivity index (χ4n) is 3.57. The molecule has 1 fully saturated rings. The molecule has 1 aliphatic carbocycles. The summed E-state index contributed by atoms with van der Waals surface area (Å²) in [5.41, 5.74) is 2.14. The van der Waals surface area contributed by atoms with Gasteiger partial charge in [0.05, 0.1) is 18.8 Å². The number of thioether (sulfide) groups is 1. The van der Waals surface area contributed by atoms with Gasteiger partial charge in [0.25, 0.3) is 0 Å². The van der Waals surface area contributed by atoms with Gasteiger partial charge < -0.3 is 14.3 Å². The number of halogens is 1. The zero-order valence-electron chi connectivity index (χ0n) is 17.9. The van der Waals surface area contributed by atoms with Gasteiger partial charge in [-0.1, -0.05) is 53.7 Å². The molecule has 0 unspecified atom stereocenters. The number of rotatable bonds is 9. The topological polar surface area (TPSA) is 73.0 Å². The van der Waals surface area contributed by atoms with Crippen LogP contribution in [0.4, 0.5) is 0 Å². The molecule has 1 saturated carbocycles. The van der Waals surface area contributed by atoms with Crippen molar-refractivity contribution in [3.8, 4) is 11.3 Å². The second-order valence-corrected chi connectivity index (χ2v) is 9.40. The Kier molecular flexibility index (Phi) is 6.51. The average molecular weight is 479 g/mol. The highest BCUT2D eigenvalue weighted by molar-refractivity contribution is 7.99. The molecule has 0 aliphatic heterocycles. The van der Waals surface area contributed by atoms with Crippen LogP contribution in [0.1, 0.15) is 35.9 Å². The van der Waals surface area contributed by atoms with Gasteiger partial charge in [0.2, 0.25) is 5.91 Å². The third-order valence-electron chi connectivity index (χ3n) is 5.45. The summed E-state index contributed by atoms with van der Waals surface area (Å²) in [5, 5.41) is 13.2. The molecule has 2 aromatic heterocycles. The molecule has 33 heavy (non-hydrogen) atoms. The number of nitrogens with zero attached hydrogens (tertiary/aromatic N) is 3. The number of carbonyl (C=O) groups excluding carboxylic acids is 1. The van der Waals surface area contributed by atoms with E-state index >= 15 is 0 Å². The first-order chi connectivity index (χ1) is 16.2. The zero-order chi connectivity index (χ0) is 22.6. The number of benzene rings is 2. The van der Waals surface area contributed by atoms with E-state index in [2.05, 4.69) is 32.2 Å². The number of carbonyl (C=O) groups is 1. The van der Waals surface area contributed by atoms with E-state index < -0.39 is 0 Å². The summed E-state index contributed by atoms with van der Waals surface area (Å²) in [6, 6.07) is 21.5. The van der Waals surface area contributed by atoms with Crippen molar-refractivity contribution < 1.29 is 9.21 Å². The van der Waals surface area contributed by atoms with Crippen LogP contribution in [0, 0.1) is 0 Å². The predicted molar refractivity (Wildman–Crippen MR) is 129 cm³/mol. The van der Waals surface area contributed by atoms with Crippen molar-refractivity contribution in [1.82, 2.24) is 20.1 Å². The maximum atomic E-state index is 12.5. The van der Waals surface area contributed by atoms with E-state index in [1.807, 2.05) is 54.6 Å². The first-order valence-electron chi connectivity index (χ1n) is 10.9. The summed E-state index contributed by atoms with van der Waals surface area (Å²) in [5.74, 6) is 3.13. The molecular formula is C25H23ClN4O2S. The molecule has 2 heterocycles. The van der Waals surface area contributed by atoms with Gasteiger partial charge in [-0.15, -0.1) is 10.2 Å². The van der Waals surface area contributed by atoms with Gasteiger partial charge >= 0.3 is 0 Å². The van der Waals surface area contributed by atoms with Crippen molar-refractivity contribution in [3.63, 3.8) is 0 Å². The minimum Gasteiger partial charge on any atom is -0.459 e. The molecule has 0 bridgehead atoms. The number of hydrogen-bond donors (Lipinski definition) is 1. The number of amides is 1. The third kappa shape index (κ3) is 5.49. The Morgan fingerprint density at radius 3 is 2.61 bits per heavy atom. The Labute approximate surface area is 201 Å². The van der Waals surface area contributed by atoms with E-state index in [9.17, 15) is 4.79 Å². The summed E-state index contributed by atoms with van der Waals surface area (Å²) in [6.45, 7) is 1.04. The van der Waals surface area contributed by atoms with E-state index in [1.165, 1.54) is 17.3 Å². The van der Waals surface area contributed by atoms with Crippen molar-refractivity contribution in [2.24, 2.45) is 0 Å². The lowest BCUT2D eigenvalue weighted by Gasteiger charge is -2.10. The Balaban J connectivity index is 1.17. The van der Waals surface area contributed by atoms with Gasteiger partial charge in [0.15, 0.2) is 5.16 Å². The lowest BCUT2D eigenvalue weighted by molar-refractivity contribution is -0.118. The van der Waals surface area contributed by atoms with Gasteiger partial charge in [-0.2, -0.15) is 0 Å². The van der Waals surface area contributed by atoms with Crippen molar-refractivity contribution in [1.29, 1.82) is 0 Å².